The first-order valence-electron chi connectivity index (χ1n) is 3.58. The Kier molecular flexibility index (Phi) is 3.62. The van der Waals surface area contributed by atoms with Crippen LogP contribution in [0, 0.1) is 5.82 Å². The van der Waals surface area contributed by atoms with E-state index in [0.29, 0.717) is 6.20 Å². The monoisotopic (exact) mass is 267 g/mol. The van der Waals surface area contributed by atoms with Crippen molar-refractivity contribution in [3.63, 3.8) is 0 Å². The number of hydrogen-bond donors (Lipinski definition) is 0. The summed E-state index contributed by atoms with van der Waals surface area (Å²) in [6, 6.07) is 0. The smallest absolute Gasteiger partial charge is 0.280 e. The Morgan fingerprint density at radius 2 is 2.21 bits per heavy atom. The maximum Gasteiger partial charge on any atom is 0.280 e. The zero-order valence-electron chi connectivity index (χ0n) is 6.81. The van der Waals surface area contributed by atoms with Crippen molar-refractivity contribution in [3.8, 4) is 0 Å². The number of aromatic nitrogens is 1. The van der Waals surface area contributed by atoms with E-state index in [1.807, 2.05) is 0 Å². The lowest BCUT2D eigenvalue weighted by molar-refractivity contribution is 0.111. The molecule has 0 saturated carbocycles. The summed E-state index contributed by atoms with van der Waals surface area (Å²) in [5, 5.41) is -0.0362. The van der Waals surface area contributed by atoms with Gasteiger partial charge in [-0.15, -0.1) is 0 Å². The van der Waals surface area contributed by atoms with Gasteiger partial charge in [0.25, 0.3) is 6.43 Å². The number of rotatable bonds is 3. The van der Waals surface area contributed by atoms with Gasteiger partial charge >= 0.3 is 0 Å². The molecule has 0 aromatic carbocycles. The Balaban J connectivity index is 3.40. The van der Waals surface area contributed by atoms with Crippen molar-refractivity contribution in [1.82, 2.24) is 4.98 Å². The first kappa shape index (κ1) is 11.2. The lowest BCUT2D eigenvalue weighted by atomic mass is 10.1. The molecule has 14 heavy (non-hydrogen) atoms. The van der Waals surface area contributed by atoms with Crippen molar-refractivity contribution in [1.29, 1.82) is 0 Å². The lowest BCUT2D eigenvalue weighted by Crippen LogP contribution is -2.04. The standard InChI is InChI=1S/C8H5BrF3NO/c9-1-4-5(3-14)6(10)2-13-7(4)8(11)12/h2-3,8H,1H2. The number of carbonyl (C=O) groups is 1. The fourth-order valence-corrected chi connectivity index (χ4v) is 1.60. The Morgan fingerprint density at radius 3 is 2.64 bits per heavy atom. The van der Waals surface area contributed by atoms with Crippen molar-refractivity contribution in [2.24, 2.45) is 0 Å². The number of aldehydes is 1. The van der Waals surface area contributed by atoms with Gasteiger partial charge < -0.3 is 0 Å². The van der Waals surface area contributed by atoms with E-state index in [0.717, 1.165) is 0 Å². The molecule has 0 amide bonds. The van der Waals surface area contributed by atoms with Crippen molar-refractivity contribution < 1.29 is 18.0 Å². The number of nitrogens with zero attached hydrogens (tertiary/aromatic N) is 1. The van der Waals surface area contributed by atoms with Gasteiger partial charge in [-0.3, -0.25) is 9.78 Å². The fraction of sp³-hybridized carbons (Fsp3) is 0.250. The third-order valence-electron chi connectivity index (χ3n) is 1.67. The second kappa shape index (κ2) is 4.54. The summed E-state index contributed by atoms with van der Waals surface area (Å²) < 4.78 is 37.6. The molecule has 0 unspecified atom stereocenters. The first-order chi connectivity index (χ1) is 6.61. The van der Waals surface area contributed by atoms with Gasteiger partial charge in [-0.2, -0.15) is 0 Å². The predicted molar refractivity (Wildman–Crippen MR) is 47.2 cm³/mol. The van der Waals surface area contributed by atoms with E-state index in [1.165, 1.54) is 0 Å². The van der Waals surface area contributed by atoms with Crippen molar-refractivity contribution in [2.75, 3.05) is 0 Å². The summed E-state index contributed by atoms with van der Waals surface area (Å²) >= 11 is 2.90. The molecule has 0 aliphatic heterocycles. The maximum absolute atomic E-state index is 12.9. The third kappa shape index (κ3) is 1.95. The average Bonchev–Trinajstić information content (AvgIpc) is 2.16. The topological polar surface area (TPSA) is 30.0 Å². The molecule has 0 bridgehead atoms. The molecular weight excluding hydrogens is 263 g/mol. The Bertz CT molecular complexity index is 357. The molecule has 0 radical (unpaired) electrons. The van der Waals surface area contributed by atoms with Crippen LogP contribution in [0.25, 0.3) is 0 Å². The summed E-state index contributed by atoms with van der Waals surface area (Å²) in [4.78, 5) is 13.7. The van der Waals surface area contributed by atoms with Crippen LogP contribution in [0.3, 0.4) is 0 Å². The third-order valence-corrected chi connectivity index (χ3v) is 2.23. The second-order valence-electron chi connectivity index (χ2n) is 2.44. The maximum atomic E-state index is 12.9. The quantitative estimate of drug-likeness (QED) is 0.623. The minimum Gasteiger partial charge on any atom is -0.298 e. The normalized spacial score (nSPS) is 10.6. The Labute approximate surface area is 86.3 Å². The average molecular weight is 268 g/mol. The van der Waals surface area contributed by atoms with Crippen molar-refractivity contribution in [2.45, 2.75) is 11.8 Å². The molecule has 2 nitrogen and oxygen atoms in total. The number of carbonyl (C=O) groups excluding carboxylic acids is 1. The molecule has 0 saturated heterocycles. The van der Waals surface area contributed by atoms with Crippen LogP contribution < -0.4 is 0 Å². The molecule has 6 heteroatoms. The zero-order chi connectivity index (χ0) is 10.7. The van der Waals surface area contributed by atoms with E-state index in [-0.39, 0.29) is 22.7 Å². The number of pyridine rings is 1. The molecule has 1 rings (SSSR count). The molecule has 76 valence electrons. The lowest BCUT2D eigenvalue weighted by Gasteiger charge is -2.07. The molecule has 0 fully saturated rings. The van der Waals surface area contributed by atoms with Gasteiger partial charge in [0.15, 0.2) is 12.1 Å². The number of halogens is 4. The molecule has 0 aliphatic carbocycles. The van der Waals surface area contributed by atoms with E-state index in [9.17, 15) is 18.0 Å². The highest BCUT2D eigenvalue weighted by atomic mass is 79.9. The van der Waals surface area contributed by atoms with Crippen LogP contribution in [0.1, 0.15) is 28.0 Å². The molecule has 1 aromatic heterocycles. The molecular formula is C8H5BrF3NO. The van der Waals surface area contributed by atoms with Crippen molar-refractivity contribution >= 4 is 22.2 Å². The molecule has 0 atom stereocenters. The first-order valence-corrected chi connectivity index (χ1v) is 4.70. The minimum absolute atomic E-state index is 0.0362. The highest BCUT2D eigenvalue weighted by Gasteiger charge is 2.19. The molecule has 1 aromatic rings. The van der Waals surface area contributed by atoms with Gasteiger partial charge in [-0.05, 0) is 0 Å². The highest BCUT2D eigenvalue weighted by Crippen LogP contribution is 2.25. The van der Waals surface area contributed by atoms with Gasteiger partial charge in [-0.1, -0.05) is 15.9 Å². The van der Waals surface area contributed by atoms with Crippen LogP contribution in [-0.4, -0.2) is 11.3 Å². The van der Waals surface area contributed by atoms with Gasteiger partial charge in [0.1, 0.15) is 5.69 Å². The Hall–Kier alpha value is -0.910. The molecule has 0 spiro atoms. The summed E-state index contributed by atoms with van der Waals surface area (Å²) in [5.74, 6) is -0.890. The molecule has 1 heterocycles. The van der Waals surface area contributed by atoms with Gasteiger partial charge in [0, 0.05) is 10.9 Å². The van der Waals surface area contributed by atoms with Gasteiger partial charge in [-0.25, -0.2) is 13.2 Å². The Morgan fingerprint density at radius 1 is 1.57 bits per heavy atom. The van der Waals surface area contributed by atoms with Crippen molar-refractivity contribution in [3.05, 3.63) is 28.8 Å². The largest absolute Gasteiger partial charge is 0.298 e. The van der Waals surface area contributed by atoms with Crippen LogP contribution in [0.5, 0.6) is 0 Å². The van der Waals surface area contributed by atoms with Gasteiger partial charge in [0.05, 0.1) is 11.8 Å². The zero-order valence-corrected chi connectivity index (χ0v) is 8.39. The molecule has 0 aliphatic rings. The molecule has 0 N–H and O–H groups in total. The van der Waals surface area contributed by atoms with Crippen LogP contribution >= 0.6 is 15.9 Å². The van der Waals surface area contributed by atoms with E-state index in [4.69, 9.17) is 0 Å². The van der Waals surface area contributed by atoms with E-state index < -0.39 is 17.9 Å². The predicted octanol–water partition coefficient (Wildman–Crippen LogP) is 2.87. The van der Waals surface area contributed by atoms with Crippen LogP contribution in [0.4, 0.5) is 13.2 Å². The highest BCUT2D eigenvalue weighted by molar-refractivity contribution is 9.08. The van der Waals surface area contributed by atoms with Crippen LogP contribution in [0.15, 0.2) is 6.20 Å². The van der Waals surface area contributed by atoms with Crippen LogP contribution in [0.2, 0.25) is 0 Å². The number of alkyl halides is 3. The van der Waals surface area contributed by atoms with E-state index in [1.54, 1.807) is 0 Å². The van der Waals surface area contributed by atoms with E-state index in [2.05, 4.69) is 20.9 Å². The van der Waals surface area contributed by atoms with Crippen LogP contribution in [-0.2, 0) is 5.33 Å². The number of hydrogen-bond acceptors (Lipinski definition) is 2. The SMILES string of the molecule is O=Cc1c(F)cnc(C(F)F)c1CBr. The minimum atomic E-state index is -2.82. The van der Waals surface area contributed by atoms with Gasteiger partial charge in [0.2, 0.25) is 0 Å². The fourth-order valence-electron chi connectivity index (χ4n) is 1.01. The summed E-state index contributed by atoms with van der Waals surface area (Å²) in [7, 11) is 0. The van der Waals surface area contributed by atoms with E-state index >= 15 is 0 Å². The summed E-state index contributed by atoms with van der Waals surface area (Å²) in [6.45, 7) is 0. The summed E-state index contributed by atoms with van der Waals surface area (Å²) in [6.07, 6.45) is -1.99. The summed E-state index contributed by atoms with van der Waals surface area (Å²) in [5.41, 5.74) is -1.03. The second-order valence-corrected chi connectivity index (χ2v) is 3.00.